The van der Waals surface area contributed by atoms with Gasteiger partial charge in [0.05, 0.1) is 10.9 Å². The largest absolute Gasteiger partial charge is 0.393 e. The van der Waals surface area contributed by atoms with Crippen molar-refractivity contribution in [2.75, 3.05) is 0 Å². The zero-order valence-electron chi connectivity index (χ0n) is 7.95. The fourth-order valence-electron chi connectivity index (χ4n) is 2.04. The summed E-state index contributed by atoms with van der Waals surface area (Å²) in [5.41, 5.74) is 12.3. The lowest BCUT2D eigenvalue weighted by atomic mass is 9.88. The van der Waals surface area contributed by atoms with E-state index >= 15 is 0 Å². The van der Waals surface area contributed by atoms with Crippen LogP contribution < -0.4 is 11.5 Å². The van der Waals surface area contributed by atoms with Gasteiger partial charge < -0.3 is 11.5 Å². The average Bonchev–Trinajstić information content (AvgIpc) is 2.16. The maximum Gasteiger partial charge on any atom is 0.228 e. The highest BCUT2D eigenvalue weighted by atomic mass is 32.2. The highest BCUT2D eigenvalue weighted by Gasteiger charge is 2.28. The lowest BCUT2D eigenvalue weighted by molar-refractivity contribution is -0.119. The smallest absolute Gasteiger partial charge is 0.228 e. The van der Waals surface area contributed by atoms with Crippen molar-refractivity contribution in [3.05, 3.63) is 21.6 Å². The summed E-state index contributed by atoms with van der Waals surface area (Å²) < 4.78 is 0. The van der Waals surface area contributed by atoms with Crippen LogP contribution in [0.4, 0.5) is 0 Å². The van der Waals surface area contributed by atoms with Crippen molar-refractivity contribution in [3.63, 3.8) is 0 Å². The van der Waals surface area contributed by atoms with E-state index < -0.39 is 0 Å². The molecule has 1 heterocycles. The van der Waals surface area contributed by atoms with Gasteiger partial charge in [-0.25, -0.2) is 0 Å². The number of carbonyl (C=O) groups excluding carboxylic acids is 1. The van der Waals surface area contributed by atoms with E-state index in [1.807, 2.05) is 0 Å². The molecule has 1 atom stereocenters. The van der Waals surface area contributed by atoms with Crippen LogP contribution in [-0.2, 0) is 4.79 Å². The van der Waals surface area contributed by atoms with Crippen LogP contribution in [0, 0.1) is 5.92 Å². The summed E-state index contributed by atoms with van der Waals surface area (Å²) in [6.07, 6.45) is 6.21. The normalized spacial score (nSPS) is 26.9. The molecule has 0 aromatic carbocycles. The molecule has 1 aliphatic carbocycles. The van der Waals surface area contributed by atoms with E-state index in [4.69, 9.17) is 11.5 Å². The van der Waals surface area contributed by atoms with Crippen LogP contribution in [-0.4, -0.2) is 5.91 Å². The molecule has 4 heteroatoms. The molecule has 0 saturated carbocycles. The highest BCUT2D eigenvalue weighted by molar-refractivity contribution is 8.06. The Bertz CT molecular complexity index is 333. The van der Waals surface area contributed by atoms with Crippen LogP contribution in [0.2, 0.25) is 0 Å². The van der Waals surface area contributed by atoms with Gasteiger partial charge in [0.15, 0.2) is 0 Å². The van der Waals surface area contributed by atoms with Gasteiger partial charge >= 0.3 is 0 Å². The number of primary amides is 1. The molecule has 0 bridgehead atoms. The van der Waals surface area contributed by atoms with Gasteiger partial charge in [-0.1, -0.05) is 11.8 Å². The molecule has 4 N–H and O–H groups in total. The van der Waals surface area contributed by atoms with Gasteiger partial charge in [-0.3, -0.25) is 4.79 Å². The fraction of sp³-hybridized carbons (Fsp3) is 0.500. The second-order valence-electron chi connectivity index (χ2n) is 3.71. The number of allylic oxidation sites excluding steroid dienone is 1. The van der Waals surface area contributed by atoms with Crippen molar-refractivity contribution in [1.29, 1.82) is 0 Å². The first-order valence-electron chi connectivity index (χ1n) is 4.85. The summed E-state index contributed by atoms with van der Waals surface area (Å²) in [5.74, 6) is -0.519. The third-order valence-corrected chi connectivity index (χ3v) is 3.80. The van der Waals surface area contributed by atoms with E-state index in [1.54, 1.807) is 17.8 Å². The molecule has 3 nitrogen and oxygen atoms in total. The Morgan fingerprint density at radius 1 is 1.43 bits per heavy atom. The monoisotopic (exact) mass is 210 g/mol. The Labute approximate surface area is 87.6 Å². The van der Waals surface area contributed by atoms with Crippen LogP contribution >= 0.6 is 11.8 Å². The topological polar surface area (TPSA) is 69.1 Å². The van der Waals surface area contributed by atoms with Gasteiger partial charge in [0, 0.05) is 0 Å². The highest BCUT2D eigenvalue weighted by Crippen LogP contribution is 2.42. The van der Waals surface area contributed by atoms with Gasteiger partial charge in [-0.15, -0.1) is 0 Å². The van der Waals surface area contributed by atoms with Crippen LogP contribution in [0.3, 0.4) is 0 Å². The molecule has 0 aromatic rings. The van der Waals surface area contributed by atoms with Crippen molar-refractivity contribution in [2.45, 2.75) is 25.7 Å². The minimum Gasteiger partial charge on any atom is -0.393 e. The number of hydrogen-bond donors (Lipinski definition) is 2. The van der Waals surface area contributed by atoms with Crippen molar-refractivity contribution < 1.29 is 4.79 Å². The van der Waals surface area contributed by atoms with E-state index in [0.717, 1.165) is 24.3 Å². The van der Waals surface area contributed by atoms with Gasteiger partial charge in [-0.05, 0) is 42.2 Å². The number of nitrogens with two attached hydrogens (primary N) is 2. The number of hydrogen-bond acceptors (Lipinski definition) is 3. The van der Waals surface area contributed by atoms with E-state index in [1.165, 1.54) is 16.9 Å². The molecule has 0 spiro atoms. The maximum absolute atomic E-state index is 11.2. The fourth-order valence-corrected chi connectivity index (χ4v) is 3.14. The van der Waals surface area contributed by atoms with Gasteiger partial charge in [-0.2, -0.15) is 0 Å². The van der Waals surface area contributed by atoms with E-state index in [0.29, 0.717) is 0 Å². The molecule has 0 saturated heterocycles. The number of amides is 1. The van der Waals surface area contributed by atoms with Crippen molar-refractivity contribution in [3.8, 4) is 0 Å². The van der Waals surface area contributed by atoms with E-state index in [9.17, 15) is 4.79 Å². The first kappa shape index (κ1) is 9.65. The zero-order chi connectivity index (χ0) is 10.1. The van der Waals surface area contributed by atoms with Crippen molar-refractivity contribution in [1.82, 2.24) is 0 Å². The molecule has 76 valence electrons. The third kappa shape index (κ3) is 1.66. The standard InChI is InChI=1S/C10H14N2OS/c11-9-5-7(10(12)13)6-3-1-2-4-8(6)14-9/h5,7H,1-4,11H2,(H2,12,13). The quantitative estimate of drug-likeness (QED) is 0.688. The molecule has 2 rings (SSSR count). The van der Waals surface area contributed by atoms with Crippen molar-refractivity contribution >= 4 is 17.7 Å². The molecule has 0 aromatic heterocycles. The molecule has 1 aliphatic heterocycles. The second-order valence-corrected chi connectivity index (χ2v) is 4.87. The van der Waals surface area contributed by atoms with Crippen LogP contribution in [0.5, 0.6) is 0 Å². The van der Waals surface area contributed by atoms with Crippen molar-refractivity contribution in [2.24, 2.45) is 17.4 Å². The summed E-state index contributed by atoms with van der Waals surface area (Å²) in [6.45, 7) is 0. The first-order chi connectivity index (χ1) is 6.68. The van der Waals surface area contributed by atoms with Gasteiger partial charge in [0.1, 0.15) is 0 Å². The summed E-state index contributed by atoms with van der Waals surface area (Å²) >= 11 is 1.60. The molecule has 0 radical (unpaired) electrons. The minimum absolute atomic E-state index is 0.244. The summed E-state index contributed by atoms with van der Waals surface area (Å²) in [6, 6.07) is 0. The van der Waals surface area contributed by atoms with Crippen LogP contribution in [0.1, 0.15) is 25.7 Å². The Kier molecular flexibility index (Phi) is 2.54. The molecule has 2 aliphatic rings. The molecule has 0 fully saturated rings. The Morgan fingerprint density at radius 3 is 2.86 bits per heavy atom. The Morgan fingerprint density at radius 2 is 2.14 bits per heavy atom. The van der Waals surface area contributed by atoms with Crippen LogP contribution in [0.15, 0.2) is 21.6 Å². The SMILES string of the molecule is NC(=O)C1C=C(N)SC2=C1CCCC2. The van der Waals surface area contributed by atoms with E-state index in [-0.39, 0.29) is 11.8 Å². The molecular weight excluding hydrogens is 196 g/mol. The summed E-state index contributed by atoms with van der Waals surface area (Å²) in [7, 11) is 0. The summed E-state index contributed by atoms with van der Waals surface area (Å²) in [5, 5.41) is 0.717. The molecule has 14 heavy (non-hydrogen) atoms. The summed E-state index contributed by atoms with van der Waals surface area (Å²) in [4.78, 5) is 12.5. The lowest BCUT2D eigenvalue weighted by Gasteiger charge is -2.27. The predicted molar refractivity (Wildman–Crippen MR) is 58.0 cm³/mol. The Hall–Kier alpha value is -0.900. The van der Waals surface area contributed by atoms with Gasteiger partial charge in [0.25, 0.3) is 0 Å². The van der Waals surface area contributed by atoms with E-state index in [2.05, 4.69) is 0 Å². The molecule has 1 amide bonds. The predicted octanol–water partition coefficient (Wildman–Crippen LogP) is 1.46. The second kappa shape index (κ2) is 3.69. The minimum atomic E-state index is -0.275. The first-order valence-corrected chi connectivity index (χ1v) is 5.66. The Balaban J connectivity index is 2.32. The molecular formula is C10H14N2OS. The van der Waals surface area contributed by atoms with Crippen LogP contribution in [0.25, 0.3) is 0 Å². The number of rotatable bonds is 1. The average molecular weight is 210 g/mol. The number of thioether (sulfide) groups is 1. The zero-order valence-corrected chi connectivity index (χ0v) is 8.77. The maximum atomic E-state index is 11.2. The molecule has 1 unspecified atom stereocenters. The lowest BCUT2D eigenvalue weighted by Crippen LogP contribution is -2.27. The number of carbonyl (C=O) groups is 1. The third-order valence-electron chi connectivity index (χ3n) is 2.71. The van der Waals surface area contributed by atoms with Gasteiger partial charge in [0.2, 0.25) is 5.91 Å².